The molecule has 0 radical (unpaired) electrons. The first-order valence-electron chi connectivity index (χ1n) is 5.89. The standard InChI is InChI=1S/C15H11Cl2FO2/c16-10-4-5-14(17)12(8-10)13(15(19)20)7-9-2-1-3-11(18)6-9/h1-6,8,13H,7H2,(H,19,20). The van der Waals surface area contributed by atoms with Crippen molar-refractivity contribution in [3.8, 4) is 0 Å². The summed E-state index contributed by atoms with van der Waals surface area (Å²) in [4.78, 5) is 11.5. The van der Waals surface area contributed by atoms with E-state index in [9.17, 15) is 14.3 Å². The van der Waals surface area contributed by atoms with Gasteiger partial charge in [-0.2, -0.15) is 0 Å². The Balaban J connectivity index is 2.37. The molecule has 0 aliphatic carbocycles. The third kappa shape index (κ3) is 3.50. The number of benzene rings is 2. The Kier molecular flexibility index (Phi) is 4.63. The predicted molar refractivity (Wildman–Crippen MR) is 76.9 cm³/mol. The molecule has 0 aliphatic rings. The van der Waals surface area contributed by atoms with Crippen molar-refractivity contribution in [2.24, 2.45) is 0 Å². The van der Waals surface area contributed by atoms with Gasteiger partial charge in [-0.05, 0) is 47.9 Å². The Hall–Kier alpha value is -1.58. The molecular weight excluding hydrogens is 302 g/mol. The number of halogens is 3. The van der Waals surface area contributed by atoms with Crippen LogP contribution in [0.25, 0.3) is 0 Å². The highest BCUT2D eigenvalue weighted by Gasteiger charge is 2.23. The summed E-state index contributed by atoms with van der Waals surface area (Å²) >= 11 is 11.9. The zero-order valence-electron chi connectivity index (χ0n) is 10.3. The summed E-state index contributed by atoms with van der Waals surface area (Å²) in [5.74, 6) is -2.30. The maximum Gasteiger partial charge on any atom is 0.311 e. The van der Waals surface area contributed by atoms with E-state index >= 15 is 0 Å². The van der Waals surface area contributed by atoms with Crippen LogP contribution in [0.4, 0.5) is 4.39 Å². The zero-order valence-corrected chi connectivity index (χ0v) is 11.8. The van der Waals surface area contributed by atoms with Crippen molar-refractivity contribution in [2.75, 3.05) is 0 Å². The summed E-state index contributed by atoms with van der Waals surface area (Å²) < 4.78 is 13.2. The van der Waals surface area contributed by atoms with E-state index in [2.05, 4.69) is 0 Å². The lowest BCUT2D eigenvalue weighted by Crippen LogP contribution is -2.15. The van der Waals surface area contributed by atoms with Crippen LogP contribution in [0.15, 0.2) is 42.5 Å². The number of hydrogen-bond acceptors (Lipinski definition) is 1. The molecule has 1 atom stereocenters. The molecule has 1 N–H and O–H groups in total. The largest absolute Gasteiger partial charge is 0.481 e. The van der Waals surface area contributed by atoms with Crippen molar-refractivity contribution in [1.82, 2.24) is 0 Å². The van der Waals surface area contributed by atoms with Gasteiger partial charge in [-0.1, -0.05) is 35.3 Å². The molecule has 2 rings (SSSR count). The van der Waals surface area contributed by atoms with Gasteiger partial charge in [0.2, 0.25) is 0 Å². The SMILES string of the molecule is O=C(O)C(Cc1cccc(F)c1)c1cc(Cl)ccc1Cl. The second-order valence-corrected chi connectivity index (χ2v) is 5.23. The third-order valence-electron chi connectivity index (χ3n) is 2.96. The molecule has 1 unspecified atom stereocenters. The summed E-state index contributed by atoms with van der Waals surface area (Å²) in [7, 11) is 0. The first-order chi connectivity index (χ1) is 9.47. The fraction of sp³-hybridized carbons (Fsp3) is 0.133. The first kappa shape index (κ1) is 14.8. The highest BCUT2D eigenvalue weighted by atomic mass is 35.5. The first-order valence-corrected chi connectivity index (χ1v) is 6.65. The Morgan fingerprint density at radius 2 is 1.95 bits per heavy atom. The van der Waals surface area contributed by atoms with E-state index in [0.717, 1.165) is 0 Å². The van der Waals surface area contributed by atoms with Gasteiger partial charge in [0.1, 0.15) is 5.82 Å². The van der Waals surface area contributed by atoms with E-state index in [1.54, 1.807) is 24.3 Å². The number of carboxylic acids is 1. The number of aliphatic carboxylic acids is 1. The average molecular weight is 313 g/mol. The van der Waals surface area contributed by atoms with Crippen molar-refractivity contribution in [3.05, 3.63) is 69.5 Å². The molecule has 5 heteroatoms. The van der Waals surface area contributed by atoms with E-state index in [1.807, 2.05) is 0 Å². The predicted octanol–water partition coefficient (Wildman–Crippen LogP) is 4.54. The van der Waals surface area contributed by atoms with E-state index in [4.69, 9.17) is 23.2 Å². The number of rotatable bonds is 4. The molecule has 0 heterocycles. The number of hydrogen-bond donors (Lipinski definition) is 1. The second kappa shape index (κ2) is 6.25. The molecule has 0 fully saturated rings. The molecule has 0 aliphatic heterocycles. The van der Waals surface area contributed by atoms with Crippen molar-refractivity contribution in [2.45, 2.75) is 12.3 Å². The van der Waals surface area contributed by atoms with Gasteiger partial charge in [-0.15, -0.1) is 0 Å². The lowest BCUT2D eigenvalue weighted by molar-refractivity contribution is -0.138. The molecule has 0 spiro atoms. The van der Waals surface area contributed by atoms with Gasteiger partial charge in [-0.25, -0.2) is 4.39 Å². The molecule has 2 nitrogen and oxygen atoms in total. The van der Waals surface area contributed by atoms with Crippen LogP contribution in [0.3, 0.4) is 0 Å². The van der Waals surface area contributed by atoms with E-state index < -0.39 is 17.7 Å². The van der Waals surface area contributed by atoms with E-state index in [1.165, 1.54) is 18.2 Å². The highest BCUT2D eigenvalue weighted by molar-refractivity contribution is 6.33. The molecule has 0 amide bonds. The highest BCUT2D eigenvalue weighted by Crippen LogP contribution is 2.30. The smallest absolute Gasteiger partial charge is 0.311 e. The molecular formula is C15H11Cl2FO2. The molecule has 0 saturated carbocycles. The second-order valence-electron chi connectivity index (χ2n) is 4.39. The van der Waals surface area contributed by atoms with Gasteiger partial charge in [0.05, 0.1) is 5.92 Å². The quantitative estimate of drug-likeness (QED) is 0.899. The van der Waals surface area contributed by atoms with Crippen molar-refractivity contribution in [3.63, 3.8) is 0 Å². The summed E-state index contributed by atoms with van der Waals surface area (Å²) in [6.07, 6.45) is 0.146. The lowest BCUT2D eigenvalue weighted by Gasteiger charge is -2.15. The molecule has 2 aromatic rings. The van der Waals surface area contributed by atoms with Crippen LogP contribution in [0.1, 0.15) is 17.0 Å². The monoisotopic (exact) mass is 312 g/mol. The maximum absolute atomic E-state index is 13.2. The van der Waals surface area contributed by atoms with Crippen molar-refractivity contribution < 1.29 is 14.3 Å². The van der Waals surface area contributed by atoms with Gasteiger partial charge in [0.15, 0.2) is 0 Å². The third-order valence-corrected chi connectivity index (χ3v) is 3.54. The molecule has 104 valence electrons. The minimum atomic E-state index is -1.03. The normalized spacial score (nSPS) is 12.2. The molecule has 0 saturated heterocycles. The summed E-state index contributed by atoms with van der Waals surface area (Å²) in [5, 5.41) is 10.1. The lowest BCUT2D eigenvalue weighted by atomic mass is 9.92. The zero-order chi connectivity index (χ0) is 14.7. The summed E-state index contributed by atoms with van der Waals surface area (Å²) in [5.41, 5.74) is 1.02. The minimum absolute atomic E-state index is 0.146. The van der Waals surface area contributed by atoms with Gasteiger partial charge in [0, 0.05) is 10.0 Å². The topological polar surface area (TPSA) is 37.3 Å². The van der Waals surface area contributed by atoms with Crippen LogP contribution in [-0.4, -0.2) is 11.1 Å². The van der Waals surface area contributed by atoms with Gasteiger partial charge in [-0.3, -0.25) is 4.79 Å². The minimum Gasteiger partial charge on any atom is -0.481 e. The van der Waals surface area contributed by atoms with Crippen molar-refractivity contribution >= 4 is 29.2 Å². The summed E-state index contributed by atoms with van der Waals surface area (Å²) in [6, 6.07) is 10.5. The van der Waals surface area contributed by atoms with Crippen LogP contribution >= 0.6 is 23.2 Å². The average Bonchev–Trinajstić information content (AvgIpc) is 2.39. The van der Waals surface area contributed by atoms with Gasteiger partial charge < -0.3 is 5.11 Å². The Morgan fingerprint density at radius 3 is 2.60 bits per heavy atom. The molecule has 20 heavy (non-hydrogen) atoms. The van der Waals surface area contributed by atoms with E-state index in [-0.39, 0.29) is 6.42 Å². The molecule has 0 aromatic heterocycles. The van der Waals surface area contributed by atoms with Crippen molar-refractivity contribution in [1.29, 1.82) is 0 Å². The van der Waals surface area contributed by atoms with Crippen LogP contribution in [0.5, 0.6) is 0 Å². The van der Waals surface area contributed by atoms with Crippen LogP contribution in [0.2, 0.25) is 10.0 Å². The Morgan fingerprint density at radius 1 is 1.20 bits per heavy atom. The number of carbonyl (C=O) groups is 1. The summed E-state index contributed by atoms with van der Waals surface area (Å²) in [6.45, 7) is 0. The van der Waals surface area contributed by atoms with Crippen LogP contribution in [-0.2, 0) is 11.2 Å². The fourth-order valence-electron chi connectivity index (χ4n) is 2.01. The van der Waals surface area contributed by atoms with Gasteiger partial charge in [0.25, 0.3) is 0 Å². The molecule has 2 aromatic carbocycles. The molecule has 0 bridgehead atoms. The maximum atomic E-state index is 13.2. The Bertz CT molecular complexity index is 644. The van der Waals surface area contributed by atoms with Crippen LogP contribution in [0, 0.1) is 5.82 Å². The van der Waals surface area contributed by atoms with Gasteiger partial charge >= 0.3 is 5.97 Å². The Labute approximate surface area is 125 Å². The number of carboxylic acid groups (broad SMARTS) is 1. The van der Waals surface area contributed by atoms with E-state index in [0.29, 0.717) is 21.2 Å². The fourth-order valence-corrected chi connectivity index (χ4v) is 2.44. The van der Waals surface area contributed by atoms with Crippen LogP contribution < -0.4 is 0 Å².